The van der Waals surface area contributed by atoms with Crippen LogP contribution in [-0.4, -0.2) is 17.0 Å². The van der Waals surface area contributed by atoms with Crippen molar-refractivity contribution in [1.29, 1.82) is 0 Å². The van der Waals surface area contributed by atoms with E-state index in [1.54, 1.807) is 6.20 Å². The van der Waals surface area contributed by atoms with Gasteiger partial charge >= 0.3 is 0 Å². The summed E-state index contributed by atoms with van der Waals surface area (Å²) in [5, 5.41) is 3.28. The zero-order chi connectivity index (χ0) is 14.8. The number of hydrogen-bond donors (Lipinski definition) is 1. The minimum Gasteiger partial charge on any atom is -0.313 e. The average Bonchev–Trinajstić information content (AvgIpc) is 2.67. The molecule has 110 valence electrons. The van der Waals surface area contributed by atoms with Gasteiger partial charge in [-0.2, -0.15) is 0 Å². The standard InChI is InChI=1S/C16H17F2N3/c1-19-14-4-2-3-5-15-13(14)9-20-16(21-15)10-6-11(17)8-12(18)7-10/h6-9,14,19H,2-5H2,1H3. The molecule has 3 nitrogen and oxygen atoms in total. The van der Waals surface area contributed by atoms with Gasteiger partial charge in [-0.1, -0.05) is 6.42 Å². The van der Waals surface area contributed by atoms with E-state index >= 15 is 0 Å². The van der Waals surface area contributed by atoms with Crippen molar-refractivity contribution in [1.82, 2.24) is 15.3 Å². The normalized spacial score (nSPS) is 18.1. The van der Waals surface area contributed by atoms with E-state index in [-0.39, 0.29) is 6.04 Å². The smallest absolute Gasteiger partial charge is 0.159 e. The Morgan fingerprint density at radius 1 is 1.14 bits per heavy atom. The van der Waals surface area contributed by atoms with Crippen LogP contribution < -0.4 is 5.32 Å². The lowest BCUT2D eigenvalue weighted by Gasteiger charge is -2.16. The second kappa shape index (κ2) is 5.85. The molecule has 0 saturated carbocycles. The van der Waals surface area contributed by atoms with Crippen LogP contribution >= 0.6 is 0 Å². The molecule has 0 fully saturated rings. The number of aryl methyl sites for hydroxylation is 1. The Morgan fingerprint density at radius 3 is 2.62 bits per heavy atom. The third kappa shape index (κ3) is 2.93. The van der Waals surface area contributed by atoms with Crippen LogP contribution in [0.5, 0.6) is 0 Å². The van der Waals surface area contributed by atoms with E-state index in [9.17, 15) is 8.78 Å². The lowest BCUT2D eigenvalue weighted by Crippen LogP contribution is -2.17. The molecular weight excluding hydrogens is 272 g/mol. The summed E-state index contributed by atoms with van der Waals surface area (Å²) in [6.45, 7) is 0. The number of nitrogens with one attached hydrogen (secondary N) is 1. The number of benzene rings is 1. The molecule has 5 heteroatoms. The molecule has 0 spiro atoms. The number of rotatable bonds is 2. The largest absolute Gasteiger partial charge is 0.313 e. The van der Waals surface area contributed by atoms with Gasteiger partial charge in [-0.3, -0.25) is 0 Å². The molecule has 21 heavy (non-hydrogen) atoms. The van der Waals surface area contributed by atoms with Crippen LogP contribution in [0.25, 0.3) is 11.4 Å². The lowest BCUT2D eigenvalue weighted by molar-refractivity contribution is 0.532. The maximum atomic E-state index is 13.3. The first-order valence-corrected chi connectivity index (χ1v) is 7.17. The van der Waals surface area contributed by atoms with Crippen molar-refractivity contribution in [2.24, 2.45) is 0 Å². The summed E-state index contributed by atoms with van der Waals surface area (Å²) in [5.41, 5.74) is 2.44. The molecule has 1 unspecified atom stereocenters. The fourth-order valence-corrected chi connectivity index (χ4v) is 2.84. The van der Waals surface area contributed by atoms with Crippen molar-refractivity contribution in [3.63, 3.8) is 0 Å². The van der Waals surface area contributed by atoms with Crippen molar-refractivity contribution in [2.45, 2.75) is 31.7 Å². The zero-order valence-electron chi connectivity index (χ0n) is 11.9. The quantitative estimate of drug-likeness (QED) is 0.861. The molecule has 2 aromatic rings. The van der Waals surface area contributed by atoms with Crippen molar-refractivity contribution in [2.75, 3.05) is 7.05 Å². The van der Waals surface area contributed by atoms with Gasteiger partial charge in [-0.25, -0.2) is 18.7 Å². The third-order valence-corrected chi connectivity index (χ3v) is 3.90. The molecule has 1 aromatic heterocycles. The van der Waals surface area contributed by atoms with E-state index in [2.05, 4.69) is 15.3 Å². The first kappa shape index (κ1) is 14.1. The predicted octanol–water partition coefficient (Wildman–Crippen LogP) is 3.41. The summed E-state index contributed by atoms with van der Waals surface area (Å²) in [5.74, 6) is -0.850. The monoisotopic (exact) mass is 289 g/mol. The molecule has 1 N–H and O–H groups in total. The molecule has 1 atom stereocenters. The van der Waals surface area contributed by atoms with Gasteiger partial charge in [0.2, 0.25) is 0 Å². The van der Waals surface area contributed by atoms with Crippen molar-refractivity contribution < 1.29 is 8.78 Å². The van der Waals surface area contributed by atoms with Crippen LogP contribution in [0.3, 0.4) is 0 Å². The Kier molecular flexibility index (Phi) is 3.92. The number of aromatic nitrogens is 2. The highest BCUT2D eigenvalue weighted by Crippen LogP contribution is 2.28. The Labute approximate surface area is 122 Å². The van der Waals surface area contributed by atoms with Crippen molar-refractivity contribution in [3.05, 3.63) is 47.3 Å². The molecular formula is C16H17F2N3. The number of hydrogen-bond acceptors (Lipinski definition) is 3. The van der Waals surface area contributed by atoms with Gasteiger partial charge in [-0.05, 0) is 38.4 Å². The Morgan fingerprint density at radius 2 is 1.90 bits per heavy atom. The van der Waals surface area contributed by atoms with Crippen LogP contribution in [0, 0.1) is 11.6 Å². The number of halogens is 2. The van der Waals surface area contributed by atoms with E-state index in [0.717, 1.165) is 43.0 Å². The van der Waals surface area contributed by atoms with Gasteiger partial charge in [-0.15, -0.1) is 0 Å². The Balaban J connectivity index is 2.04. The van der Waals surface area contributed by atoms with Gasteiger partial charge in [0.25, 0.3) is 0 Å². The van der Waals surface area contributed by atoms with E-state index < -0.39 is 11.6 Å². The second-order valence-corrected chi connectivity index (χ2v) is 5.34. The highest BCUT2D eigenvalue weighted by molar-refractivity contribution is 5.55. The average molecular weight is 289 g/mol. The Bertz CT molecular complexity index is 638. The fraction of sp³-hybridized carbons (Fsp3) is 0.375. The van der Waals surface area contributed by atoms with Crippen molar-refractivity contribution in [3.8, 4) is 11.4 Å². The summed E-state index contributed by atoms with van der Waals surface area (Å²) in [7, 11) is 1.93. The highest BCUT2D eigenvalue weighted by Gasteiger charge is 2.19. The summed E-state index contributed by atoms with van der Waals surface area (Å²) < 4.78 is 26.7. The first-order chi connectivity index (χ1) is 10.2. The van der Waals surface area contributed by atoms with E-state index in [0.29, 0.717) is 11.4 Å². The Hall–Kier alpha value is -1.88. The summed E-state index contributed by atoms with van der Waals surface area (Å²) in [6.07, 6.45) is 5.92. The predicted molar refractivity (Wildman–Crippen MR) is 76.7 cm³/mol. The summed E-state index contributed by atoms with van der Waals surface area (Å²) >= 11 is 0. The molecule has 3 rings (SSSR count). The molecule has 1 aliphatic rings. The van der Waals surface area contributed by atoms with E-state index in [1.165, 1.54) is 12.1 Å². The minimum atomic E-state index is -0.614. The minimum absolute atomic E-state index is 0.251. The lowest BCUT2D eigenvalue weighted by atomic mass is 10.0. The van der Waals surface area contributed by atoms with Gasteiger partial charge in [0.15, 0.2) is 5.82 Å². The maximum absolute atomic E-state index is 13.3. The van der Waals surface area contributed by atoms with E-state index in [4.69, 9.17) is 0 Å². The van der Waals surface area contributed by atoms with Crippen LogP contribution in [0.15, 0.2) is 24.4 Å². The second-order valence-electron chi connectivity index (χ2n) is 5.34. The first-order valence-electron chi connectivity index (χ1n) is 7.17. The maximum Gasteiger partial charge on any atom is 0.159 e. The topological polar surface area (TPSA) is 37.8 Å². The van der Waals surface area contributed by atoms with Crippen molar-refractivity contribution >= 4 is 0 Å². The molecule has 0 bridgehead atoms. The fourth-order valence-electron chi connectivity index (χ4n) is 2.84. The van der Waals surface area contributed by atoms with Crippen LogP contribution in [0.2, 0.25) is 0 Å². The summed E-state index contributed by atoms with van der Waals surface area (Å²) in [4.78, 5) is 8.84. The molecule has 0 radical (unpaired) electrons. The zero-order valence-corrected chi connectivity index (χ0v) is 11.9. The van der Waals surface area contributed by atoms with Gasteiger partial charge in [0, 0.05) is 35.1 Å². The van der Waals surface area contributed by atoms with E-state index in [1.807, 2.05) is 7.05 Å². The number of nitrogens with zero attached hydrogens (tertiary/aromatic N) is 2. The SMILES string of the molecule is CNC1CCCCc2nc(-c3cc(F)cc(F)c3)ncc21. The highest BCUT2D eigenvalue weighted by atomic mass is 19.1. The number of fused-ring (bicyclic) bond motifs is 1. The van der Waals surface area contributed by atoms with Crippen LogP contribution in [0.1, 0.15) is 36.6 Å². The molecule has 0 aliphatic heterocycles. The molecule has 1 heterocycles. The summed E-state index contributed by atoms with van der Waals surface area (Å²) in [6, 6.07) is 3.62. The molecule has 0 amide bonds. The van der Waals surface area contributed by atoms with Crippen LogP contribution in [0.4, 0.5) is 8.78 Å². The van der Waals surface area contributed by atoms with Crippen LogP contribution in [-0.2, 0) is 6.42 Å². The molecule has 1 aliphatic carbocycles. The van der Waals surface area contributed by atoms with Gasteiger partial charge in [0.1, 0.15) is 11.6 Å². The molecule has 0 saturated heterocycles. The third-order valence-electron chi connectivity index (χ3n) is 3.90. The molecule has 1 aromatic carbocycles. The van der Waals surface area contributed by atoms with Gasteiger partial charge in [0.05, 0.1) is 0 Å². The van der Waals surface area contributed by atoms with Gasteiger partial charge < -0.3 is 5.32 Å².